The molecule has 0 aliphatic heterocycles. The van der Waals surface area contributed by atoms with Gasteiger partial charge in [0.2, 0.25) is 0 Å². The van der Waals surface area contributed by atoms with Gasteiger partial charge in [-0.1, -0.05) is 5.16 Å². The van der Waals surface area contributed by atoms with Gasteiger partial charge in [0.05, 0.1) is 15.6 Å². The molecule has 0 spiro atoms. The van der Waals surface area contributed by atoms with Crippen LogP contribution >= 0.6 is 31.9 Å². The number of halogens is 2. The van der Waals surface area contributed by atoms with Crippen molar-refractivity contribution in [3.05, 3.63) is 26.6 Å². The molecule has 18 heavy (non-hydrogen) atoms. The monoisotopic (exact) mass is 379 g/mol. The Hall–Kier alpha value is -1.08. The van der Waals surface area contributed by atoms with Crippen LogP contribution in [0.1, 0.15) is 12.5 Å². The Morgan fingerprint density at radius 3 is 2.39 bits per heavy atom. The third-order valence-corrected chi connectivity index (χ3v) is 3.29. The van der Waals surface area contributed by atoms with Crippen LogP contribution in [0.2, 0.25) is 0 Å². The second kappa shape index (κ2) is 6.75. The van der Waals surface area contributed by atoms with Crippen molar-refractivity contribution >= 4 is 43.5 Å². The molecule has 2 N–H and O–H groups in total. The fourth-order valence-electron chi connectivity index (χ4n) is 1.28. The molecule has 0 aromatic heterocycles. The summed E-state index contributed by atoms with van der Waals surface area (Å²) in [6.45, 7) is 1.88. The maximum absolute atomic E-state index is 11.4. The summed E-state index contributed by atoms with van der Waals surface area (Å²) in [6.07, 6.45) is 0.104. The Morgan fingerprint density at radius 1 is 1.39 bits per heavy atom. The average molecular weight is 381 g/mol. The number of rotatable bonds is 4. The summed E-state index contributed by atoms with van der Waals surface area (Å²) >= 11 is 6.36. The van der Waals surface area contributed by atoms with E-state index in [0.29, 0.717) is 14.5 Å². The molecule has 1 aromatic carbocycles. The molecule has 0 saturated carbocycles. The zero-order chi connectivity index (χ0) is 13.7. The molecule has 98 valence electrons. The van der Waals surface area contributed by atoms with E-state index < -0.39 is 5.97 Å². The molecule has 0 bridgehead atoms. The molecule has 0 aliphatic rings. The van der Waals surface area contributed by atoms with Crippen molar-refractivity contribution in [2.75, 3.05) is 6.61 Å². The van der Waals surface area contributed by atoms with Gasteiger partial charge in [0.15, 0.2) is 5.71 Å². The number of esters is 1. The number of hydrogen-bond donors (Lipinski definition) is 2. The lowest BCUT2D eigenvalue weighted by Gasteiger charge is -2.07. The van der Waals surface area contributed by atoms with Crippen LogP contribution in [0.25, 0.3) is 0 Å². The first-order valence-electron chi connectivity index (χ1n) is 5.04. The number of benzene rings is 1. The van der Waals surface area contributed by atoms with Crippen molar-refractivity contribution < 1.29 is 19.8 Å². The molecule has 1 rings (SSSR count). The maximum Gasteiger partial charge on any atom is 0.356 e. The molecule has 5 nitrogen and oxygen atoms in total. The predicted octanol–water partition coefficient (Wildman–Crippen LogP) is 2.85. The summed E-state index contributed by atoms with van der Waals surface area (Å²) in [4.78, 5) is 11.4. The second-order valence-electron chi connectivity index (χ2n) is 3.35. The first-order valence-corrected chi connectivity index (χ1v) is 6.63. The molecule has 0 heterocycles. The third kappa shape index (κ3) is 3.71. The van der Waals surface area contributed by atoms with Gasteiger partial charge in [-0.3, -0.25) is 0 Å². The average Bonchev–Trinajstić information content (AvgIpc) is 2.33. The van der Waals surface area contributed by atoms with Gasteiger partial charge in [-0.15, -0.1) is 0 Å². The Morgan fingerprint density at radius 2 is 1.94 bits per heavy atom. The van der Waals surface area contributed by atoms with E-state index in [9.17, 15) is 9.90 Å². The summed E-state index contributed by atoms with van der Waals surface area (Å²) in [5, 5.41) is 21.3. The van der Waals surface area contributed by atoms with E-state index >= 15 is 0 Å². The minimum Gasteiger partial charge on any atom is -0.506 e. The zero-order valence-electron chi connectivity index (χ0n) is 9.48. The number of phenols is 1. The van der Waals surface area contributed by atoms with Gasteiger partial charge in [0.25, 0.3) is 0 Å². The number of aromatic hydroxyl groups is 1. The molecule has 0 saturated heterocycles. The molecule has 0 amide bonds. The summed E-state index contributed by atoms with van der Waals surface area (Å²) in [6, 6.07) is 3.26. The van der Waals surface area contributed by atoms with Crippen molar-refractivity contribution in [1.29, 1.82) is 0 Å². The highest BCUT2D eigenvalue weighted by Crippen LogP contribution is 2.33. The lowest BCUT2D eigenvalue weighted by molar-refractivity contribution is -0.135. The number of phenolic OH excluding ortho intramolecular Hbond substituents is 1. The van der Waals surface area contributed by atoms with E-state index in [0.717, 1.165) is 0 Å². The second-order valence-corrected chi connectivity index (χ2v) is 5.06. The van der Waals surface area contributed by atoms with E-state index in [1.54, 1.807) is 19.1 Å². The molecular formula is C11H11Br2NO4. The van der Waals surface area contributed by atoms with E-state index in [4.69, 9.17) is 9.94 Å². The SMILES string of the molecule is CCOC(=O)/C(Cc1cc(Br)c(O)c(Br)c1)=N/O. The number of nitrogens with zero attached hydrogens (tertiary/aromatic N) is 1. The largest absolute Gasteiger partial charge is 0.506 e. The van der Waals surface area contributed by atoms with Gasteiger partial charge in [0.1, 0.15) is 5.75 Å². The van der Waals surface area contributed by atoms with Crippen LogP contribution in [0.15, 0.2) is 26.2 Å². The van der Waals surface area contributed by atoms with Gasteiger partial charge in [0, 0.05) is 6.42 Å². The van der Waals surface area contributed by atoms with Gasteiger partial charge >= 0.3 is 5.97 Å². The van der Waals surface area contributed by atoms with E-state index in [2.05, 4.69) is 37.0 Å². The fourth-order valence-corrected chi connectivity index (χ4v) is 2.56. The number of oxime groups is 1. The highest BCUT2D eigenvalue weighted by Gasteiger charge is 2.16. The van der Waals surface area contributed by atoms with Crippen molar-refractivity contribution in [1.82, 2.24) is 0 Å². The maximum atomic E-state index is 11.4. The van der Waals surface area contributed by atoms with E-state index in [1.165, 1.54) is 0 Å². The van der Waals surface area contributed by atoms with Crippen LogP contribution in [0, 0.1) is 0 Å². The van der Waals surface area contributed by atoms with Crippen molar-refractivity contribution in [2.45, 2.75) is 13.3 Å². The van der Waals surface area contributed by atoms with Crippen LogP contribution < -0.4 is 0 Å². The minimum atomic E-state index is -0.666. The molecule has 7 heteroatoms. The highest BCUT2D eigenvalue weighted by molar-refractivity contribution is 9.11. The van der Waals surface area contributed by atoms with Crippen LogP contribution in [-0.2, 0) is 16.0 Å². The number of carbonyl (C=O) groups excluding carboxylic acids is 1. The van der Waals surface area contributed by atoms with E-state index in [-0.39, 0.29) is 24.5 Å². The number of hydrogen-bond acceptors (Lipinski definition) is 5. The number of carbonyl (C=O) groups is 1. The van der Waals surface area contributed by atoms with Crippen molar-refractivity contribution in [3.63, 3.8) is 0 Å². The summed E-state index contributed by atoms with van der Waals surface area (Å²) in [5.74, 6) is -0.599. The Bertz CT molecular complexity index is 465. The molecule has 0 fully saturated rings. The first kappa shape index (κ1) is 15.0. The highest BCUT2D eigenvalue weighted by atomic mass is 79.9. The molecule has 0 aliphatic carbocycles. The normalized spacial score (nSPS) is 11.4. The van der Waals surface area contributed by atoms with Crippen LogP contribution in [0.3, 0.4) is 0 Å². The Balaban J connectivity index is 2.93. The van der Waals surface area contributed by atoms with Gasteiger partial charge in [-0.05, 0) is 56.5 Å². The van der Waals surface area contributed by atoms with Crippen LogP contribution in [0.5, 0.6) is 5.75 Å². The molecule has 0 unspecified atom stereocenters. The van der Waals surface area contributed by atoms with Crippen molar-refractivity contribution in [2.24, 2.45) is 5.16 Å². The van der Waals surface area contributed by atoms with E-state index in [1.807, 2.05) is 0 Å². The summed E-state index contributed by atoms with van der Waals surface area (Å²) < 4.78 is 5.71. The van der Waals surface area contributed by atoms with Crippen LogP contribution in [-0.4, -0.2) is 28.6 Å². The minimum absolute atomic E-state index is 0.0670. The standard InChI is InChI=1S/C11H11Br2NO4/c1-2-18-11(16)9(14-17)5-6-3-7(12)10(15)8(13)4-6/h3-4,15,17H,2,5H2,1H3/b14-9+. The van der Waals surface area contributed by atoms with Crippen LogP contribution in [0.4, 0.5) is 0 Å². The first-order chi connectivity index (χ1) is 8.49. The number of ether oxygens (including phenoxy) is 1. The van der Waals surface area contributed by atoms with Gasteiger partial charge in [-0.25, -0.2) is 4.79 Å². The molecule has 0 atom stereocenters. The topological polar surface area (TPSA) is 79.1 Å². The molecular weight excluding hydrogens is 370 g/mol. The zero-order valence-corrected chi connectivity index (χ0v) is 12.7. The Kier molecular flexibility index (Phi) is 5.61. The smallest absolute Gasteiger partial charge is 0.356 e. The lowest BCUT2D eigenvalue weighted by Crippen LogP contribution is -2.20. The molecule has 0 radical (unpaired) electrons. The summed E-state index contributed by atoms with van der Waals surface area (Å²) in [5.41, 5.74) is 0.591. The Labute approximate surface area is 121 Å². The van der Waals surface area contributed by atoms with Gasteiger partial charge < -0.3 is 15.1 Å². The third-order valence-electron chi connectivity index (χ3n) is 2.08. The lowest BCUT2D eigenvalue weighted by atomic mass is 10.1. The molecule has 1 aromatic rings. The fraction of sp³-hybridized carbons (Fsp3) is 0.273. The predicted molar refractivity (Wildman–Crippen MR) is 73.1 cm³/mol. The van der Waals surface area contributed by atoms with Gasteiger partial charge in [-0.2, -0.15) is 0 Å². The van der Waals surface area contributed by atoms with Crippen molar-refractivity contribution in [3.8, 4) is 5.75 Å². The quantitative estimate of drug-likeness (QED) is 0.364. The summed E-state index contributed by atoms with van der Waals surface area (Å²) in [7, 11) is 0.